The lowest BCUT2D eigenvalue weighted by atomic mass is 9.97. The van der Waals surface area contributed by atoms with E-state index in [1.165, 1.54) is 24.3 Å². The summed E-state index contributed by atoms with van der Waals surface area (Å²) in [5, 5.41) is 20.8. The average molecular weight is 511 g/mol. The molecular formula is C27H30N2O6S. The summed E-state index contributed by atoms with van der Waals surface area (Å²) in [4.78, 5) is 12.2. The number of nitrogens with one attached hydrogen (secondary N) is 1. The Balaban J connectivity index is 1.58. The van der Waals surface area contributed by atoms with Gasteiger partial charge in [-0.05, 0) is 41.0 Å². The van der Waals surface area contributed by atoms with Crippen molar-refractivity contribution in [1.29, 1.82) is 0 Å². The van der Waals surface area contributed by atoms with Crippen molar-refractivity contribution in [2.45, 2.75) is 11.3 Å². The van der Waals surface area contributed by atoms with Crippen LogP contribution in [0.25, 0.3) is 5.57 Å². The van der Waals surface area contributed by atoms with E-state index in [2.05, 4.69) is 5.32 Å². The summed E-state index contributed by atoms with van der Waals surface area (Å²) in [6, 6.07) is 25.5. The molecule has 3 N–H and O–H groups in total. The Hall–Kier alpha value is -3.50. The minimum atomic E-state index is -3.88. The normalized spacial score (nSPS) is 11.2. The Bertz CT molecular complexity index is 1180. The summed E-state index contributed by atoms with van der Waals surface area (Å²) < 4.78 is 31.6. The van der Waals surface area contributed by atoms with Gasteiger partial charge in [0.25, 0.3) is 0 Å². The second-order valence-corrected chi connectivity index (χ2v) is 9.71. The molecule has 9 heteroatoms. The van der Waals surface area contributed by atoms with Crippen molar-refractivity contribution in [3.8, 4) is 0 Å². The molecule has 36 heavy (non-hydrogen) atoms. The maximum Gasteiger partial charge on any atom is 0.411 e. The van der Waals surface area contributed by atoms with Gasteiger partial charge in [0.05, 0.1) is 24.7 Å². The van der Waals surface area contributed by atoms with E-state index < -0.39 is 16.1 Å². The van der Waals surface area contributed by atoms with Crippen LogP contribution < -0.4 is 5.32 Å². The molecule has 190 valence electrons. The van der Waals surface area contributed by atoms with Crippen LogP contribution in [-0.4, -0.2) is 61.9 Å². The molecule has 0 fully saturated rings. The average Bonchev–Trinajstić information content (AvgIpc) is 2.90. The molecule has 0 aliphatic carbocycles. The van der Waals surface area contributed by atoms with Gasteiger partial charge in [-0.1, -0.05) is 66.7 Å². The van der Waals surface area contributed by atoms with Crippen molar-refractivity contribution in [2.24, 2.45) is 0 Å². The molecule has 0 aliphatic heterocycles. The molecule has 0 spiro atoms. The molecule has 8 nitrogen and oxygen atoms in total. The van der Waals surface area contributed by atoms with Crippen LogP contribution in [0.15, 0.2) is 95.9 Å². The third-order valence-electron chi connectivity index (χ3n) is 5.31. The van der Waals surface area contributed by atoms with Gasteiger partial charge in [0.1, 0.15) is 0 Å². The molecule has 1 amide bonds. The maximum atomic E-state index is 12.7. The minimum absolute atomic E-state index is 0.0113. The lowest BCUT2D eigenvalue weighted by Gasteiger charge is -2.20. The standard InChI is InChI=1S/C27H30N2O6S/c30-19-17-29(18-20-31)36(33,34)25-15-13-24(14-16-25)28-27(32)35-21-7-12-26(22-8-3-1-4-9-22)23-10-5-2-6-11-23/h1-6,8-16,30-31H,7,17-21H2,(H,28,32). The van der Waals surface area contributed by atoms with E-state index >= 15 is 0 Å². The summed E-state index contributed by atoms with van der Waals surface area (Å²) in [6.45, 7) is -0.811. The predicted molar refractivity (Wildman–Crippen MR) is 139 cm³/mol. The highest BCUT2D eigenvalue weighted by molar-refractivity contribution is 7.89. The van der Waals surface area contributed by atoms with Gasteiger partial charge in [0, 0.05) is 25.2 Å². The van der Waals surface area contributed by atoms with Crippen LogP contribution in [0.4, 0.5) is 10.5 Å². The van der Waals surface area contributed by atoms with Crippen molar-refractivity contribution in [1.82, 2.24) is 4.31 Å². The first-order valence-corrected chi connectivity index (χ1v) is 13.0. The number of amides is 1. The minimum Gasteiger partial charge on any atom is -0.449 e. The number of ether oxygens (including phenoxy) is 1. The summed E-state index contributed by atoms with van der Waals surface area (Å²) in [5.41, 5.74) is 3.56. The Morgan fingerprint density at radius 2 is 1.36 bits per heavy atom. The topological polar surface area (TPSA) is 116 Å². The first kappa shape index (κ1) is 27.1. The highest BCUT2D eigenvalue weighted by atomic mass is 32.2. The van der Waals surface area contributed by atoms with Gasteiger partial charge in [-0.2, -0.15) is 4.31 Å². The first-order chi connectivity index (χ1) is 17.5. The van der Waals surface area contributed by atoms with Crippen molar-refractivity contribution in [3.05, 3.63) is 102 Å². The zero-order chi connectivity index (χ0) is 25.8. The van der Waals surface area contributed by atoms with E-state index in [1.54, 1.807) is 0 Å². The largest absolute Gasteiger partial charge is 0.449 e. The zero-order valence-electron chi connectivity index (χ0n) is 19.8. The molecule has 0 saturated carbocycles. The molecule has 0 saturated heterocycles. The van der Waals surface area contributed by atoms with Gasteiger partial charge >= 0.3 is 6.09 Å². The second-order valence-electron chi connectivity index (χ2n) is 7.78. The van der Waals surface area contributed by atoms with Crippen LogP contribution in [-0.2, 0) is 14.8 Å². The number of anilines is 1. The number of aliphatic hydroxyl groups is 2. The first-order valence-electron chi connectivity index (χ1n) is 11.5. The Kier molecular flexibility index (Phi) is 10.2. The van der Waals surface area contributed by atoms with Gasteiger partial charge in [0.15, 0.2) is 0 Å². The number of carbonyl (C=O) groups excluding carboxylic acids is 1. The number of hydrogen-bond donors (Lipinski definition) is 3. The molecule has 0 atom stereocenters. The van der Waals surface area contributed by atoms with Crippen molar-refractivity contribution < 1.29 is 28.2 Å². The van der Waals surface area contributed by atoms with Gasteiger partial charge < -0.3 is 14.9 Å². The predicted octanol–water partition coefficient (Wildman–Crippen LogP) is 3.73. The lowest BCUT2D eigenvalue weighted by Crippen LogP contribution is -2.35. The van der Waals surface area contributed by atoms with Crippen LogP contribution in [0.1, 0.15) is 17.5 Å². The van der Waals surface area contributed by atoms with Crippen LogP contribution in [0.2, 0.25) is 0 Å². The van der Waals surface area contributed by atoms with E-state index in [4.69, 9.17) is 14.9 Å². The third kappa shape index (κ3) is 7.50. The third-order valence-corrected chi connectivity index (χ3v) is 7.22. The summed E-state index contributed by atoms with van der Waals surface area (Å²) in [7, 11) is -3.88. The Morgan fingerprint density at radius 1 is 0.833 bits per heavy atom. The summed E-state index contributed by atoms with van der Waals surface area (Å²) >= 11 is 0. The second kappa shape index (κ2) is 13.6. The van der Waals surface area contributed by atoms with Gasteiger partial charge in [-0.3, -0.25) is 5.32 Å². The summed E-state index contributed by atoms with van der Waals surface area (Å²) in [6.07, 6.45) is 1.89. The van der Waals surface area contributed by atoms with Crippen LogP contribution >= 0.6 is 0 Å². The molecular weight excluding hydrogens is 480 g/mol. The quantitative estimate of drug-likeness (QED) is 0.320. The Labute approximate surface area is 211 Å². The van der Waals surface area contributed by atoms with E-state index in [0.29, 0.717) is 12.1 Å². The number of nitrogens with zero attached hydrogens (tertiary/aromatic N) is 1. The van der Waals surface area contributed by atoms with Gasteiger partial charge in [-0.15, -0.1) is 0 Å². The molecule has 0 radical (unpaired) electrons. The number of carbonyl (C=O) groups is 1. The van der Waals surface area contributed by atoms with Crippen molar-refractivity contribution in [2.75, 3.05) is 38.2 Å². The summed E-state index contributed by atoms with van der Waals surface area (Å²) in [5.74, 6) is 0. The van der Waals surface area contributed by atoms with E-state index in [9.17, 15) is 13.2 Å². The number of benzene rings is 3. The molecule has 0 aliphatic rings. The highest BCUT2D eigenvalue weighted by Crippen LogP contribution is 2.24. The van der Waals surface area contributed by atoms with Crippen molar-refractivity contribution >= 4 is 27.4 Å². The number of sulfonamides is 1. The smallest absolute Gasteiger partial charge is 0.411 e. The number of hydrogen-bond acceptors (Lipinski definition) is 6. The molecule has 0 unspecified atom stereocenters. The lowest BCUT2D eigenvalue weighted by molar-refractivity contribution is 0.163. The highest BCUT2D eigenvalue weighted by Gasteiger charge is 2.23. The molecule has 3 aromatic carbocycles. The van der Waals surface area contributed by atoms with Gasteiger partial charge in [0.2, 0.25) is 10.0 Å². The maximum absolute atomic E-state index is 12.7. The van der Waals surface area contributed by atoms with Crippen molar-refractivity contribution in [3.63, 3.8) is 0 Å². The molecule has 0 bridgehead atoms. The Morgan fingerprint density at radius 3 is 1.86 bits per heavy atom. The van der Waals surface area contributed by atoms with E-state index in [1.807, 2.05) is 66.7 Å². The number of aliphatic hydroxyl groups excluding tert-OH is 2. The molecule has 3 aromatic rings. The number of rotatable bonds is 12. The molecule has 0 aromatic heterocycles. The van der Waals surface area contributed by atoms with Gasteiger partial charge in [-0.25, -0.2) is 13.2 Å². The molecule has 0 heterocycles. The fourth-order valence-corrected chi connectivity index (χ4v) is 5.00. The zero-order valence-corrected chi connectivity index (χ0v) is 20.6. The monoisotopic (exact) mass is 510 g/mol. The van der Waals surface area contributed by atoms with Crippen LogP contribution in [0, 0.1) is 0 Å². The molecule has 3 rings (SSSR count). The van der Waals surface area contributed by atoms with E-state index in [0.717, 1.165) is 21.0 Å². The van der Waals surface area contributed by atoms with Crippen LogP contribution in [0.5, 0.6) is 0 Å². The fraction of sp³-hybridized carbons (Fsp3) is 0.222. The SMILES string of the molecule is O=C(Nc1ccc(S(=O)(=O)N(CCO)CCO)cc1)OCCC=C(c1ccccc1)c1ccccc1. The van der Waals surface area contributed by atoms with E-state index in [-0.39, 0.29) is 37.8 Å². The van der Waals surface area contributed by atoms with Crippen LogP contribution in [0.3, 0.4) is 0 Å². The fourth-order valence-electron chi connectivity index (χ4n) is 3.58.